The average Bonchev–Trinajstić information content (AvgIpc) is 2.35. The normalized spacial score (nSPS) is 12.2. The number of ketones is 1. The van der Waals surface area contributed by atoms with Gasteiger partial charge in [0.25, 0.3) is 0 Å². The number of carbonyl (C=O) groups is 1. The molecule has 94 valence electrons. The van der Waals surface area contributed by atoms with E-state index in [-0.39, 0.29) is 11.3 Å². The summed E-state index contributed by atoms with van der Waals surface area (Å²) >= 11 is 0. The van der Waals surface area contributed by atoms with Crippen LogP contribution in [0.4, 0.5) is 4.39 Å². The maximum absolute atomic E-state index is 13.8. The Kier molecular flexibility index (Phi) is 5.06. The Hall–Kier alpha value is -1.46. The molecular weight excluding hydrogens is 225 g/mol. The molecule has 1 aromatic carbocycles. The summed E-state index contributed by atoms with van der Waals surface area (Å²) in [6, 6.07) is 3.63. The van der Waals surface area contributed by atoms with Crippen molar-refractivity contribution in [1.82, 2.24) is 0 Å². The van der Waals surface area contributed by atoms with Gasteiger partial charge >= 0.3 is 0 Å². The number of halogens is 1. The number of nitrogens with two attached hydrogens (primary N) is 1. The number of methoxy groups -OCH3 is 2. The lowest BCUT2D eigenvalue weighted by molar-refractivity contribution is 0.0930. The molecule has 4 nitrogen and oxygen atoms in total. The highest BCUT2D eigenvalue weighted by atomic mass is 19.1. The Morgan fingerprint density at radius 1 is 1.47 bits per heavy atom. The van der Waals surface area contributed by atoms with Gasteiger partial charge in [0.1, 0.15) is 0 Å². The van der Waals surface area contributed by atoms with E-state index < -0.39 is 17.6 Å². The Morgan fingerprint density at radius 2 is 2.18 bits per heavy atom. The summed E-state index contributed by atoms with van der Waals surface area (Å²) in [5.74, 6) is -1.08. The second kappa shape index (κ2) is 6.32. The molecule has 0 aliphatic heterocycles. The van der Waals surface area contributed by atoms with Gasteiger partial charge in [0.2, 0.25) is 0 Å². The van der Waals surface area contributed by atoms with E-state index in [9.17, 15) is 9.18 Å². The summed E-state index contributed by atoms with van der Waals surface area (Å²) in [6.07, 6.45) is 0.353. The van der Waals surface area contributed by atoms with Crippen molar-refractivity contribution in [2.24, 2.45) is 5.73 Å². The molecule has 5 heteroatoms. The van der Waals surface area contributed by atoms with Crippen LogP contribution in [0.25, 0.3) is 0 Å². The molecule has 1 atom stereocenters. The van der Waals surface area contributed by atoms with Crippen LogP contribution in [0.5, 0.6) is 5.75 Å². The van der Waals surface area contributed by atoms with Crippen LogP contribution in [0.1, 0.15) is 16.8 Å². The largest absolute Gasteiger partial charge is 0.494 e. The third-order valence-electron chi connectivity index (χ3n) is 2.42. The minimum Gasteiger partial charge on any atom is -0.494 e. The van der Waals surface area contributed by atoms with Crippen LogP contribution in [0, 0.1) is 5.82 Å². The quantitative estimate of drug-likeness (QED) is 0.764. The Labute approximate surface area is 99.5 Å². The fraction of sp³-hybridized carbons (Fsp3) is 0.417. The maximum atomic E-state index is 13.8. The molecule has 0 aliphatic rings. The van der Waals surface area contributed by atoms with Crippen molar-refractivity contribution >= 4 is 5.78 Å². The minimum atomic E-state index is -0.767. The topological polar surface area (TPSA) is 61.5 Å². The van der Waals surface area contributed by atoms with Crippen LogP contribution in [0.2, 0.25) is 0 Å². The van der Waals surface area contributed by atoms with Gasteiger partial charge in [-0.05, 0) is 18.6 Å². The standard InChI is InChI=1S/C12H16FNO3/c1-16-7-6-9(14)12(15)8-4-3-5-10(17-2)11(8)13/h3-5,9H,6-7,14H2,1-2H3. The Balaban J connectivity index is 2.88. The van der Waals surface area contributed by atoms with Gasteiger partial charge in [-0.3, -0.25) is 4.79 Å². The van der Waals surface area contributed by atoms with Crippen LogP contribution >= 0.6 is 0 Å². The molecule has 0 bridgehead atoms. The van der Waals surface area contributed by atoms with E-state index in [0.29, 0.717) is 13.0 Å². The molecule has 2 N–H and O–H groups in total. The Morgan fingerprint density at radius 3 is 2.76 bits per heavy atom. The summed E-state index contributed by atoms with van der Waals surface area (Å²) in [5.41, 5.74) is 5.61. The van der Waals surface area contributed by atoms with Crippen molar-refractivity contribution in [1.29, 1.82) is 0 Å². The van der Waals surface area contributed by atoms with E-state index in [4.69, 9.17) is 15.2 Å². The van der Waals surface area contributed by atoms with Gasteiger partial charge in [-0.25, -0.2) is 4.39 Å². The number of hydrogen-bond acceptors (Lipinski definition) is 4. The molecule has 0 aromatic heterocycles. The smallest absolute Gasteiger partial charge is 0.182 e. The summed E-state index contributed by atoms with van der Waals surface area (Å²) < 4.78 is 23.4. The van der Waals surface area contributed by atoms with E-state index in [1.807, 2.05) is 0 Å². The van der Waals surface area contributed by atoms with Gasteiger partial charge in [0.05, 0.1) is 18.7 Å². The summed E-state index contributed by atoms with van der Waals surface area (Å²) in [7, 11) is 2.86. The van der Waals surface area contributed by atoms with Crippen molar-refractivity contribution < 1.29 is 18.7 Å². The molecule has 1 rings (SSSR count). The minimum absolute atomic E-state index is 0.0368. The van der Waals surface area contributed by atoms with Crippen molar-refractivity contribution in [3.05, 3.63) is 29.6 Å². The number of rotatable bonds is 6. The molecule has 17 heavy (non-hydrogen) atoms. The van der Waals surface area contributed by atoms with Gasteiger partial charge in [-0.1, -0.05) is 6.07 Å². The molecule has 0 amide bonds. The highest BCUT2D eigenvalue weighted by Crippen LogP contribution is 2.21. The zero-order valence-corrected chi connectivity index (χ0v) is 9.90. The molecule has 0 aliphatic carbocycles. The molecular formula is C12H16FNO3. The van der Waals surface area contributed by atoms with Crippen LogP contribution in [-0.2, 0) is 4.74 Å². The fourth-order valence-electron chi connectivity index (χ4n) is 1.43. The monoisotopic (exact) mass is 241 g/mol. The zero-order valence-electron chi connectivity index (χ0n) is 9.90. The van der Waals surface area contributed by atoms with Gasteiger partial charge < -0.3 is 15.2 Å². The predicted octanol–water partition coefficient (Wildman–Crippen LogP) is 1.38. The van der Waals surface area contributed by atoms with E-state index in [1.165, 1.54) is 26.4 Å². The SMILES string of the molecule is COCCC(N)C(=O)c1cccc(OC)c1F. The molecule has 0 saturated carbocycles. The number of benzene rings is 1. The first-order chi connectivity index (χ1) is 8.11. The van der Waals surface area contributed by atoms with Crippen molar-refractivity contribution in [3.63, 3.8) is 0 Å². The average molecular weight is 241 g/mol. The zero-order chi connectivity index (χ0) is 12.8. The molecule has 1 unspecified atom stereocenters. The predicted molar refractivity (Wildman–Crippen MR) is 61.8 cm³/mol. The van der Waals surface area contributed by atoms with Crippen LogP contribution in [0.3, 0.4) is 0 Å². The van der Waals surface area contributed by atoms with E-state index >= 15 is 0 Å². The molecule has 1 aromatic rings. The van der Waals surface area contributed by atoms with E-state index in [2.05, 4.69) is 0 Å². The third kappa shape index (κ3) is 3.25. The summed E-state index contributed by atoms with van der Waals surface area (Å²) in [5, 5.41) is 0. The highest BCUT2D eigenvalue weighted by molar-refractivity contribution is 6.00. The van der Waals surface area contributed by atoms with Crippen molar-refractivity contribution in [2.45, 2.75) is 12.5 Å². The van der Waals surface area contributed by atoms with E-state index in [0.717, 1.165) is 0 Å². The lowest BCUT2D eigenvalue weighted by Gasteiger charge is -2.11. The van der Waals surface area contributed by atoms with Crippen molar-refractivity contribution in [2.75, 3.05) is 20.8 Å². The summed E-state index contributed by atoms with van der Waals surface area (Å²) in [4.78, 5) is 11.9. The lowest BCUT2D eigenvalue weighted by atomic mass is 10.0. The third-order valence-corrected chi connectivity index (χ3v) is 2.42. The maximum Gasteiger partial charge on any atom is 0.182 e. The van der Waals surface area contributed by atoms with Gasteiger partial charge in [-0.2, -0.15) is 0 Å². The van der Waals surface area contributed by atoms with Gasteiger partial charge in [0, 0.05) is 13.7 Å². The fourth-order valence-corrected chi connectivity index (χ4v) is 1.43. The lowest BCUT2D eigenvalue weighted by Crippen LogP contribution is -2.32. The number of Topliss-reactive ketones (excluding diaryl/α,β-unsaturated/α-hetero) is 1. The van der Waals surface area contributed by atoms with E-state index in [1.54, 1.807) is 6.07 Å². The van der Waals surface area contributed by atoms with Crippen LogP contribution in [0.15, 0.2) is 18.2 Å². The van der Waals surface area contributed by atoms with Gasteiger partial charge in [0.15, 0.2) is 17.3 Å². The second-order valence-electron chi connectivity index (χ2n) is 3.57. The molecule has 0 spiro atoms. The first kappa shape index (κ1) is 13.6. The highest BCUT2D eigenvalue weighted by Gasteiger charge is 2.20. The first-order valence-electron chi connectivity index (χ1n) is 5.23. The molecule has 0 radical (unpaired) electrons. The molecule has 0 saturated heterocycles. The van der Waals surface area contributed by atoms with Gasteiger partial charge in [-0.15, -0.1) is 0 Å². The number of ether oxygens (including phenoxy) is 2. The first-order valence-corrected chi connectivity index (χ1v) is 5.23. The summed E-state index contributed by atoms with van der Waals surface area (Å²) in [6.45, 7) is 0.360. The van der Waals surface area contributed by atoms with Crippen LogP contribution in [-0.4, -0.2) is 32.7 Å². The number of hydrogen-bond donors (Lipinski definition) is 1. The molecule has 0 heterocycles. The van der Waals surface area contributed by atoms with Crippen molar-refractivity contribution in [3.8, 4) is 5.75 Å². The Bertz CT molecular complexity index is 395. The number of carbonyl (C=O) groups excluding carboxylic acids is 1. The molecule has 0 fully saturated rings. The van der Waals surface area contributed by atoms with Crippen LogP contribution < -0.4 is 10.5 Å². The second-order valence-corrected chi connectivity index (χ2v) is 3.57.